The van der Waals surface area contributed by atoms with Gasteiger partial charge in [0.1, 0.15) is 17.3 Å². The van der Waals surface area contributed by atoms with E-state index in [2.05, 4.69) is 18.7 Å². The summed E-state index contributed by atoms with van der Waals surface area (Å²) in [5, 5.41) is 37.3. The van der Waals surface area contributed by atoms with Gasteiger partial charge in [-0.25, -0.2) is 0 Å². The predicted molar refractivity (Wildman–Crippen MR) is 123 cm³/mol. The minimum Gasteiger partial charge on any atom is -0.508 e. The van der Waals surface area contributed by atoms with Crippen LogP contribution < -0.4 is 10.6 Å². The van der Waals surface area contributed by atoms with Crippen LogP contribution in [0.15, 0.2) is 36.4 Å². The van der Waals surface area contributed by atoms with Crippen molar-refractivity contribution >= 4 is 23.3 Å². The highest BCUT2D eigenvalue weighted by Crippen LogP contribution is 2.33. The predicted octanol–water partition coefficient (Wildman–Crippen LogP) is 3.36. The number of rotatable bonds is 7. The van der Waals surface area contributed by atoms with Gasteiger partial charge in [0, 0.05) is 18.3 Å². The summed E-state index contributed by atoms with van der Waals surface area (Å²) in [6.45, 7) is 10.5. The Bertz CT molecular complexity index is 966. The molecule has 0 aliphatic carbocycles. The Balaban J connectivity index is 2.49. The van der Waals surface area contributed by atoms with E-state index in [9.17, 15) is 15.0 Å². The number of phenolic OH excluding ortho intramolecular Hbond substituents is 2. The summed E-state index contributed by atoms with van der Waals surface area (Å²) in [7, 11) is 0. The summed E-state index contributed by atoms with van der Waals surface area (Å²) < 4.78 is 0. The zero-order valence-corrected chi connectivity index (χ0v) is 18.4. The minimum atomic E-state index is -1.00. The molecule has 0 aromatic heterocycles. The van der Waals surface area contributed by atoms with Gasteiger partial charge in [-0.2, -0.15) is 0 Å². The highest BCUT2D eigenvalue weighted by atomic mass is 16.3. The third-order valence-electron chi connectivity index (χ3n) is 5.20. The molecule has 2 rings (SSSR count). The number of carbonyl (C=O) groups excluding carboxylic acids is 1. The molecule has 8 heteroatoms. The van der Waals surface area contributed by atoms with Crippen LogP contribution in [-0.4, -0.2) is 45.8 Å². The fourth-order valence-corrected chi connectivity index (χ4v) is 3.30. The Morgan fingerprint density at radius 2 is 1.61 bits per heavy atom. The van der Waals surface area contributed by atoms with Crippen LogP contribution in [0, 0.1) is 10.8 Å². The van der Waals surface area contributed by atoms with Crippen LogP contribution >= 0.6 is 0 Å². The van der Waals surface area contributed by atoms with E-state index in [0.717, 1.165) is 30.1 Å². The van der Waals surface area contributed by atoms with Gasteiger partial charge in [-0.3, -0.25) is 25.4 Å². The number of benzene rings is 2. The molecule has 0 radical (unpaired) electrons. The molecule has 0 saturated carbocycles. The molecular formula is C23H31N5O3. The normalized spacial score (nSPS) is 11.0. The molecule has 31 heavy (non-hydrogen) atoms. The van der Waals surface area contributed by atoms with Crippen LogP contribution in [0.1, 0.15) is 50.3 Å². The number of carbonyl (C=O) groups is 1. The highest BCUT2D eigenvalue weighted by molar-refractivity contribution is 6.47. The lowest BCUT2D eigenvalue weighted by Gasteiger charge is -2.26. The Morgan fingerprint density at radius 3 is 2.10 bits per heavy atom. The number of amides is 1. The van der Waals surface area contributed by atoms with Crippen molar-refractivity contribution in [1.82, 2.24) is 4.90 Å². The third kappa shape index (κ3) is 5.40. The first kappa shape index (κ1) is 23.9. The molecule has 0 saturated heterocycles. The number of aromatic hydroxyl groups is 2. The van der Waals surface area contributed by atoms with Gasteiger partial charge in [0.25, 0.3) is 5.91 Å². The lowest BCUT2D eigenvalue weighted by molar-refractivity contribution is -0.112. The molecule has 0 unspecified atom stereocenters. The van der Waals surface area contributed by atoms with Crippen LogP contribution in [0.3, 0.4) is 0 Å². The van der Waals surface area contributed by atoms with E-state index in [1.54, 1.807) is 12.1 Å². The standard InChI is InChI=1S/C23H31N5O3/c1-5-27(6-2)13-15-7-9-16(10-8-15)28(22(25)23(26)31)21(24)18-11-17(14(3)4)19(29)12-20(18)30/h7-12,14,24-25,29-30H,5-6,13H2,1-4H3,(H2,26,31). The van der Waals surface area contributed by atoms with Crippen molar-refractivity contribution in [3.8, 4) is 11.5 Å². The van der Waals surface area contributed by atoms with Gasteiger partial charge < -0.3 is 15.9 Å². The molecule has 0 aliphatic heterocycles. The second-order valence-corrected chi connectivity index (χ2v) is 7.61. The van der Waals surface area contributed by atoms with Gasteiger partial charge >= 0.3 is 0 Å². The number of nitrogens with zero attached hydrogens (tertiary/aromatic N) is 2. The first-order chi connectivity index (χ1) is 14.6. The molecule has 0 aliphatic rings. The van der Waals surface area contributed by atoms with Crippen LogP contribution in [0.2, 0.25) is 0 Å². The SMILES string of the molecule is CCN(CC)Cc1ccc(N(C(=N)C(N)=O)C(=N)c2cc(C(C)C)c(O)cc2O)cc1. The van der Waals surface area contributed by atoms with Crippen molar-refractivity contribution in [2.45, 2.75) is 40.2 Å². The van der Waals surface area contributed by atoms with Crippen LogP contribution in [0.25, 0.3) is 0 Å². The lowest BCUT2D eigenvalue weighted by Crippen LogP contribution is -2.44. The van der Waals surface area contributed by atoms with Gasteiger partial charge in [0.05, 0.1) is 5.56 Å². The molecule has 8 nitrogen and oxygen atoms in total. The molecule has 0 fully saturated rings. The number of hydrogen-bond acceptors (Lipinski definition) is 6. The molecular weight excluding hydrogens is 394 g/mol. The van der Waals surface area contributed by atoms with Gasteiger partial charge in [-0.1, -0.05) is 39.8 Å². The molecule has 1 amide bonds. The van der Waals surface area contributed by atoms with E-state index >= 15 is 0 Å². The molecule has 0 bridgehead atoms. The van der Waals surface area contributed by atoms with Crippen molar-refractivity contribution in [2.24, 2.45) is 5.73 Å². The second-order valence-electron chi connectivity index (χ2n) is 7.61. The van der Waals surface area contributed by atoms with Crippen LogP contribution in [-0.2, 0) is 11.3 Å². The average Bonchev–Trinajstić information content (AvgIpc) is 2.72. The second kappa shape index (κ2) is 10.1. The Hall–Kier alpha value is -3.39. The van der Waals surface area contributed by atoms with Crippen molar-refractivity contribution in [3.05, 3.63) is 53.1 Å². The van der Waals surface area contributed by atoms with Gasteiger partial charge in [-0.15, -0.1) is 0 Å². The number of anilines is 1. The van der Waals surface area contributed by atoms with E-state index in [4.69, 9.17) is 16.6 Å². The summed E-state index contributed by atoms with van der Waals surface area (Å²) in [5.41, 5.74) is 7.43. The van der Waals surface area contributed by atoms with Crippen molar-refractivity contribution in [2.75, 3.05) is 18.0 Å². The summed E-state index contributed by atoms with van der Waals surface area (Å²) in [5.74, 6) is -2.36. The highest BCUT2D eigenvalue weighted by Gasteiger charge is 2.26. The van der Waals surface area contributed by atoms with Crippen molar-refractivity contribution in [3.63, 3.8) is 0 Å². The van der Waals surface area contributed by atoms with E-state index in [1.807, 2.05) is 26.0 Å². The first-order valence-electron chi connectivity index (χ1n) is 10.2. The first-order valence-corrected chi connectivity index (χ1v) is 10.2. The van der Waals surface area contributed by atoms with E-state index in [-0.39, 0.29) is 28.8 Å². The van der Waals surface area contributed by atoms with Crippen LogP contribution in [0.5, 0.6) is 11.5 Å². The molecule has 2 aromatic carbocycles. The monoisotopic (exact) mass is 425 g/mol. The van der Waals surface area contributed by atoms with Crippen LogP contribution in [0.4, 0.5) is 5.69 Å². The molecule has 0 atom stereocenters. The average molecular weight is 426 g/mol. The summed E-state index contributed by atoms with van der Waals surface area (Å²) >= 11 is 0. The smallest absolute Gasteiger partial charge is 0.284 e. The largest absolute Gasteiger partial charge is 0.508 e. The summed E-state index contributed by atoms with van der Waals surface area (Å²) in [4.78, 5) is 15.1. The fraction of sp³-hybridized carbons (Fsp3) is 0.348. The molecule has 0 spiro atoms. The number of nitrogens with one attached hydrogen (secondary N) is 2. The number of nitrogens with two attached hydrogens (primary N) is 1. The maximum atomic E-state index is 11.8. The maximum Gasteiger partial charge on any atom is 0.284 e. The number of amidine groups is 2. The molecule has 2 aromatic rings. The van der Waals surface area contributed by atoms with E-state index in [0.29, 0.717) is 11.3 Å². The fourth-order valence-electron chi connectivity index (χ4n) is 3.30. The Kier molecular flexibility index (Phi) is 7.77. The lowest BCUT2D eigenvalue weighted by atomic mass is 9.98. The van der Waals surface area contributed by atoms with E-state index in [1.165, 1.54) is 12.1 Å². The quantitative estimate of drug-likeness (QED) is 0.342. The summed E-state index contributed by atoms with van der Waals surface area (Å²) in [6.07, 6.45) is 0. The Labute approximate surface area is 182 Å². The van der Waals surface area contributed by atoms with Crippen molar-refractivity contribution in [1.29, 1.82) is 10.8 Å². The zero-order chi connectivity index (χ0) is 23.3. The number of hydrogen-bond donors (Lipinski definition) is 5. The van der Waals surface area contributed by atoms with Crippen molar-refractivity contribution < 1.29 is 15.0 Å². The molecule has 6 N–H and O–H groups in total. The zero-order valence-electron chi connectivity index (χ0n) is 18.4. The molecule has 0 heterocycles. The van der Waals surface area contributed by atoms with Gasteiger partial charge in [0.2, 0.25) is 0 Å². The van der Waals surface area contributed by atoms with Gasteiger partial charge in [0.15, 0.2) is 5.84 Å². The topological polar surface area (TPSA) is 138 Å². The maximum absolute atomic E-state index is 11.8. The number of primary amides is 1. The molecule has 166 valence electrons. The minimum absolute atomic E-state index is 0.0597. The van der Waals surface area contributed by atoms with Gasteiger partial charge in [-0.05, 0) is 48.3 Å². The Morgan fingerprint density at radius 1 is 1.03 bits per heavy atom. The third-order valence-corrected chi connectivity index (χ3v) is 5.20. The van der Waals surface area contributed by atoms with E-state index < -0.39 is 11.7 Å². The summed E-state index contributed by atoms with van der Waals surface area (Å²) in [6, 6.07) is 9.83. The number of phenols is 2.